The molecule has 4 rings (SSSR count). The summed E-state index contributed by atoms with van der Waals surface area (Å²) in [6.45, 7) is 3.17. The van der Waals surface area contributed by atoms with Crippen LogP contribution in [0.2, 0.25) is 0 Å². The van der Waals surface area contributed by atoms with E-state index in [0.717, 1.165) is 11.2 Å². The Morgan fingerprint density at radius 2 is 2.03 bits per heavy atom. The van der Waals surface area contributed by atoms with E-state index in [1.165, 1.54) is 6.92 Å². The number of allylic oxidation sites excluding steroid dienone is 2. The molecule has 0 saturated heterocycles. The lowest BCUT2D eigenvalue weighted by atomic mass is 9.99. The Morgan fingerprint density at radius 1 is 1.21 bits per heavy atom. The molecule has 3 heterocycles. The van der Waals surface area contributed by atoms with E-state index in [9.17, 15) is 4.79 Å². The second-order valence-electron chi connectivity index (χ2n) is 6.62. The quantitative estimate of drug-likeness (QED) is 0.514. The van der Waals surface area contributed by atoms with Crippen molar-refractivity contribution >= 4 is 28.0 Å². The number of methoxy groups -OCH3 is 1. The van der Waals surface area contributed by atoms with Gasteiger partial charge in [-0.3, -0.25) is 14.2 Å². The van der Waals surface area contributed by atoms with Crippen LogP contribution in [0.1, 0.15) is 30.9 Å². The Bertz CT molecular complexity index is 1260. The molecule has 2 N–H and O–H groups in total. The molecule has 0 radical (unpaired) electrons. The first-order valence-electron chi connectivity index (χ1n) is 8.94. The summed E-state index contributed by atoms with van der Waals surface area (Å²) >= 11 is 0. The number of nitrogens with zero attached hydrogens (tertiary/aromatic N) is 6. The van der Waals surface area contributed by atoms with E-state index in [4.69, 9.17) is 10.5 Å². The monoisotopic (exact) mass is 389 g/mol. The standard InChI is InChI=1S/C20H19N7O2/c1-11(21)20(12(2)28)14-8-15-16(9-17(14)29-3)27-18(25-26-19(27)10-22-15)7-13-5-4-6-23-24-13/h4-6,8-10H,7,21H2,1-3H3. The van der Waals surface area contributed by atoms with Gasteiger partial charge in [0.05, 0.1) is 36.5 Å². The van der Waals surface area contributed by atoms with E-state index in [0.29, 0.717) is 46.0 Å². The predicted octanol–water partition coefficient (Wildman–Crippen LogP) is 1.95. The number of ether oxygens (including phenoxy) is 1. The third kappa shape index (κ3) is 3.27. The molecule has 0 aliphatic heterocycles. The second-order valence-corrected chi connectivity index (χ2v) is 6.62. The summed E-state index contributed by atoms with van der Waals surface area (Å²) in [6.07, 6.45) is 3.72. The highest BCUT2D eigenvalue weighted by atomic mass is 16.5. The molecule has 3 aromatic heterocycles. The minimum absolute atomic E-state index is 0.142. The number of carbonyl (C=O) groups excluding carboxylic acids is 1. The highest BCUT2D eigenvalue weighted by molar-refractivity contribution is 6.21. The molecule has 0 fully saturated rings. The SMILES string of the molecule is COc1cc2c(cc1C(C(C)=O)=C(C)N)ncc1nnc(Cc3cccnn3)n12. The number of hydrogen-bond donors (Lipinski definition) is 1. The maximum absolute atomic E-state index is 12.2. The molecule has 0 unspecified atom stereocenters. The molecular formula is C20H19N7O2. The fraction of sp³-hybridized carbons (Fsp3) is 0.200. The van der Waals surface area contributed by atoms with Gasteiger partial charge in [-0.1, -0.05) is 0 Å². The van der Waals surface area contributed by atoms with Crippen LogP contribution in [0, 0.1) is 0 Å². The van der Waals surface area contributed by atoms with E-state index in [1.807, 2.05) is 22.6 Å². The molecule has 9 nitrogen and oxygen atoms in total. The second kappa shape index (κ2) is 7.27. The van der Waals surface area contributed by atoms with Gasteiger partial charge in [-0.05, 0) is 32.0 Å². The van der Waals surface area contributed by atoms with Crippen molar-refractivity contribution in [3.63, 3.8) is 0 Å². The van der Waals surface area contributed by atoms with Gasteiger partial charge in [-0.2, -0.15) is 10.2 Å². The van der Waals surface area contributed by atoms with Crippen molar-refractivity contribution in [2.24, 2.45) is 5.73 Å². The lowest BCUT2D eigenvalue weighted by molar-refractivity contribution is -0.111. The Balaban J connectivity index is 1.96. The Morgan fingerprint density at radius 3 is 2.69 bits per heavy atom. The molecule has 0 bridgehead atoms. The summed E-state index contributed by atoms with van der Waals surface area (Å²) < 4.78 is 7.47. The number of Topliss-reactive ketones (excluding diaryl/α,β-unsaturated/α-hetero) is 1. The zero-order chi connectivity index (χ0) is 20.5. The van der Waals surface area contributed by atoms with Gasteiger partial charge >= 0.3 is 0 Å². The third-order valence-electron chi connectivity index (χ3n) is 4.59. The Kier molecular flexibility index (Phi) is 4.63. The van der Waals surface area contributed by atoms with Crippen LogP contribution in [0.5, 0.6) is 5.75 Å². The van der Waals surface area contributed by atoms with Crippen LogP contribution < -0.4 is 10.5 Å². The van der Waals surface area contributed by atoms with E-state index >= 15 is 0 Å². The fourth-order valence-electron chi connectivity index (χ4n) is 3.39. The smallest absolute Gasteiger partial charge is 0.179 e. The molecule has 1 aromatic carbocycles. The number of fused-ring (bicyclic) bond motifs is 3. The predicted molar refractivity (Wildman–Crippen MR) is 107 cm³/mol. The molecule has 0 atom stereocenters. The lowest BCUT2D eigenvalue weighted by Crippen LogP contribution is -2.07. The fourth-order valence-corrected chi connectivity index (χ4v) is 3.39. The van der Waals surface area contributed by atoms with Crippen LogP contribution in [-0.4, -0.2) is 42.7 Å². The molecule has 0 saturated carbocycles. The maximum atomic E-state index is 12.2. The van der Waals surface area contributed by atoms with Crippen molar-refractivity contribution in [1.29, 1.82) is 0 Å². The van der Waals surface area contributed by atoms with Crippen molar-refractivity contribution in [3.8, 4) is 5.75 Å². The average molecular weight is 389 g/mol. The summed E-state index contributed by atoms with van der Waals surface area (Å²) in [7, 11) is 1.55. The topological polar surface area (TPSA) is 121 Å². The first-order valence-corrected chi connectivity index (χ1v) is 8.94. The van der Waals surface area contributed by atoms with E-state index < -0.39 is 0 Å². The van der Waals surface area contributed by atoms with Crippen LogP contribution >= 0.6 is 0 Å². The number of hydrogen-bond acceptors (Lipinski definition) is 8. The normalized spacial score (nSPS) is 12.2. The van der Waals surface area contributed by atoms with Crippen molar-refractivity contribution in [2.45, 2.75) is 20.3 Å². The summed E-state index contributed by atoms with van der Waals surface area (Å²) in [6, 6.07) is 7.32. The van der Waals surface area contributed by atoms with Crippen LogP contribution in [-0.2, 0) is 11.2 Å². The Labute approximate surface area is 166 Å². The number of ketones is 1. The van der Waals surface area contributed by atoms with Crippen molar-refractivity contribution in [1.82, 2.24) is 29.8 Å². The van der Waals surface area contributed by atoms with Gasteiger partial charge in [0.15, 0.2) is 11.4 Å². The lowest BCUT2D eigenvalue weighted by Gasteiger charge is -2.14. The molecular weight excluding hydrogens is 370 g/mol. The number of nitrogens with two attached hydrogens (primary N) is 1. The van der Waals surface area contributed by atoms with Crippen molar-refractivity contribution in [2.75, 3.05) is 7.11 Å². The summed E-state index contributed by atoms with van der Waals surface area (Å²) in [4.78, 5) is 16.7. The largest absolute Gasteiger partial charge is 0.496 e. The van der Waals surface area contributed by atoms with E-state index in [1.54, 1.807) is 32.5 Å². The number of aromatic nitrogens is 6. The molecule has 146 valence electrons. The first kappa shape index (κ1) is 18.5. The average Bonchev–Trinajstić information content (AvgIpc) is 3.11. The molecule has 0 amide bonds. The van der Waals surface area contributed by atoms with Crippen molar-refractivity contribution in [3.05, 3.63) is 59.4 Å². The Hall–Kier alpha value is -3.88. The van der Waals surface area contributed by atoms with Crippen molar-refractivity contribution < 1.29 is 9.53 Å². The molecule has 4 aromatic rings. The van der Waals surface area contributed by atoms with E-state index in [-0.39, 0.29) is 5.78 Å². The molecule has 0 spiro atoms. The van der Waals surface area contributed by atoms with Crippen LogP contribution in [0.25, 0.3) is 22.3 Å². The summed E-state index contributed by atoms with van der Waals surface area (Å²) in [5.41, 5.74) is 10.2. The zero-order valence-corrected chi connectivity index (χ0v) is 16.2. The molecule has 9 heteroatoms. The van der Waals surface area contributed by atoms with Gasteiger partial charge < -0.3 is 10.5 Å². The zero-order valence-electron chi connectivity index (χ0n) is 16.2. The van der Waals surface area contributed by atoms with Gasteiger partial charge in [0.1, 0.15) is 11.6 Å². The molecule has 29 heavy (non-hydrogen) atoms. The van der Waals surface area contributed by atoms with Gasteiger partial charge in [-0.25, -0.2) is 0 Å². The third-order valence-corrected chi connectivity index (χ3v) is 4.59. The van der Waals surface area contributed by atoms with E-state index in [2.05, 4.69) is 25.4 Å². The van der Waals surface area contributed by atoms with Gasteiger partial charge in [0.25, 0.3) is 0 Å². The van der Waals surface area contributed by atoms with Crippen LogP contribution in [0.4, 0.5) is 0 Å². The summed E-state index contributed by atoms with van der Waals surface area (Å²) in [5, 5.41) is 16.5. The minimum atomic E-state index is -0.142. The van der Waals surface area contributed by atoms with Crippen LogP contribution in [0.3, 0.4) is 0 Å². The number of benzene rings is 1. The van der Waals surface area contributed by atoms with Gasteiger partial charge in [0, 0.05) is 29.1 Å². The molecule has 0 aliphatic carbocycles. The first-order chi connectivity index (χ1) is 14.0. The minimum Gasteiger partial charge on any atom is -0.496 e. The number of rotatable bonds is 5. The van der Waals surface area contributed by atoms with Gasteiger partial charge in [-0.15, -0.1) is 10.2 Å². The number of carbonyl (C=O) groups is 1. The van der Waals surface area contributed by atoms with Crippen LogP contribution in [0.15, 0.2) is 42.4 Å². The maximum Gasteiger partial charge on any atom is 0.179 e. The highest BCUT2D eigenvalue weighted by Gasteiger charge is 2.19. The molecule has 0 aliphatic rings. The summed E-state index contributed by atoms with van der Waals surface area (Å²) in [5.74, 6) is 1.07. The van der Waals surface area contributed by atoms with Gasteiger partial charge in [0.2, 0.25) is 0 Å². The highest BCUT2D eigenvalue weighted by Crippen LogP contribution is 2.32.